The number of hydrogen-bond acceptors (Lipinski definition) is 8. The van der Waals surface area contributed by atoms with Gasteiger partial charge < -0.3 is 4.74 Å². The van der Waals surface area contributed by atoms with E-state index < -0.39 is 9.84 Å². The average Bonchev–Trinajstić information content (AvgIpc) is 3.44. The number of nitrogens with zero attached hydrogens (tertiary/aromatic N) is 6. The van der Waals surface area contributed by atoms with Crippen molar-refractivity contribution < 1.29 is 13.2 Å². The Hall–Kier alpha value is -3.05. The van der Waals surface area contributed by atoms with Crippen molar-refractivity contribution in [2.24, 2.45) is 0 Å². The van der Waals surface area contributed by atoms with Crippen molar-refractivity contribution in [2.45, 2.75) is 32.2 Å². The van der Waals surface area contributed by atoms with Gasteiger partial charge in [0.2, 0.25) is 0 Å². The third-order valence-electron chi connectivity index (χ3n) is 5.11. The first kappa shape index (κ1) is 20.8. The van der Waals surface area contributed by atoms with Crippen molar-refractivity contribution in [3.63, 3.8) is 0 Å². The molecule has 0 saturated carbocycles. The molecule has 0 N–H and O–H groups in total. The molecule has 0 fully saturated rings. The standard InChI is InChI=1S/C21H22N6O3S2/c1-13(2)27-20(22-11-24-27)21-25-19-16-5-4-14(8-17(16)30-7-6-18(19)31-21)15-9-23-26(10-15)12-32(3,28)29/h4-5,8-11,13H,6-7,12H2,1-3H3. The molecule has 0 amide bonds. The van der Waals surface area contributed by atoms with E-state index >= 15 is 0 Å². The van der Waals surface area contributed by atoms with Crippen molar-refractivity contribution in [2.75, 3.05) is 12.9 Å². The van der Waals surface area contributed by atoms with E-state index in [0.29, 0.717) is 6.61 Å². The minimum atomic E-state index is -3.17. The highest BCUT2D eigenvalue weighted by Gasteiger charge is 2.24. The highest BCUT2D eigenvalue weighted by atomic mass is 32.2. The third kappa shape index (κ3) is 3.93. The monoisotopic (exact) mass is 470 g/mol. The molecule has 0 saturated heterocycles. The zero-order valence-corrected chi connectivity index (χ0v) is 19.5. The SMILES string of the molecule is CC(C)n1ncnc1-c1nc2c(s1)CCOc1cc(-c3cnn(CS(C)(=O)=O)c3)ccc1-2. The lowest BCUT2D eigenvalue weighted by atomic mass is 10.0. The normalized spacial score (nSPS) is 13.5. The molecule has 166 valence electrons. The van der Waals surface area contributed by atoms with Crippen molar-refractivity contribution in [3.05, 3.63) is 41.8 Å². The summed E-state index contributed by atoms with van der Waals surface area (Å²) in [6.45, 7) is 4.69. The van der Waals surface area contributed by atoms with Crippen molar-refractivity contribution in [3.8, 4) is 39.0 Å². The number of hydrogen-bond donors (Lipinski definition) is 0. The van der Waals surface area contributed by atoms with Crippen LogP contribution in [-0.4, -0.2) is 50.8 Å². The molecule has 3 aromatic heterocycles. The quantitative estimate of drug-likeness (QED) is 0.440. The van der Waals surface area contributed by atoms with E-state index in [1.165, 1.54) is 10.9 Å². The number of sulfone groups is 1. The van der Waals surface area contributed by atoms with Crippen LogP contribution in [0.1, 0.15) is 24.8 Å². The van der Waals surface area contributed by atoms with Crippen LogP contribution in [0.4, 0.5) is 0 Å². The predicted molar refractivity (Wildman–Crippen MR) is 122 cm³/mol. The Bertz CT molecular complexity index is 1400. The minimum absolute atomic E-state index is 0.152. The Morgan fingerprint density at radius 2 is 2.06 bits per heavy atom. The van der Waals surface area contributed by atoms with Gasteiger partial charge in [-0.25, -0.2) is 23.1 Å². The van der Waals surface area contributed by atoms with E-state index in [-0.39, 0.29) is 11.9 Å². The summed E-state index contributed by atoms with van der Waals surface area (Å²) in [6.07, 6.45) is 6.90. The van der Waals surface area contributed by atoms with Crippen LogP contribution in [0.5, 0.6) is 5.75 Å². The molecule has 0 bridgehead atoms. The second kappa shape index (κ2) is 7.82. The van der Waals surface area contributed by atoms with E-state index in [4.69, 9.17) is 9.72 Å². The molecular formula is C21H22N6O3S2. The molecule has 0 aliphatic carbocycles. The topological polar surface area (TPSA) is 105 Å². The number of rotatable bonds is 5. The molecule has 1 aliphatic heterocycles. The predicted octanol–water partition coefficient (Wildman–Crippen LogP) is 3.45. The Kier molecular flexibility index (Phi) is 5.09. The van der Waals surface area contributed by atoms with Gasteiger partial charge in [-0.1, -0.05) is 6.07 Å². The molecule has 0 spiro atoms. The lowest BCUT2D eigenvalue weighted by molar-refractivity contribution is 0.327. The van der Waals surface area contributed by atoms with E-state index in [1.807, 2.05) is 22.9 Å². The first-order valence-electron chi connectivity index (χ1n) is 10.2. The number of benzene rings is 1. The zero-order valence-electron chi connectivity index (χ0n) is 17.9. The third-order valence-corrected chi connectivity index (χ3v) is 6.95. The lowest BCUT2D eigenvalue weighted by Crippen LogP contribution is -2.08. The highest BCUT2D eigenvalue weighted by molar-refractivity contribution is 7.89. The first-order valence-corrected chi connectivity index (χ1v) is 13.0. The molecule has 9 nitrogen and oxygen atoms in total. The van der Waals surface area contributed by atoms with Gasteiger partial charge >= 0.3 is 0 Å². The number of ether oxygens (including phenoxy) is 1. The van der Waals surface area contributed by atoms with E-state index in [0.717, 1.165) is 50.3 Å². The van der Waals surface area contributed by atoms with Crippen LogP contribution in [0.3, 0.4) is 0 Å². The smallest absolute Gasteiger partial charge is 0.187 e. The molecule has 0 unspecified atom stereocenters. The van der Waals surface area contributed by atoms with Gasteiger partial charge in [-0.3, -0.25) is 4.68 Å². The van der Waals surface area contributed by atoms with Gasteiger partial charge in [-0.05, 0) is 31.5 Å². The molecule has 5 rings (SSSR count). The Labute approximate surface area is 189 Å². The fraction of sp³-hybridized carbons (Fsp3) is 0.333. The Morgan fingerprint density at radius 3 is 2.84 bits per heavy atom. The zero-order chi connectivity index (χ0) is 22.5. The second-order valence-corrected chi connectivity index (χ2v) is 11.2. The van der Waals surface area contributed by atoms with Crippen LogP contribution >= 0.6 is 11.3 Å². The summed E-state index contributed by atoms with van der Waals surface area (Å²) in [7, 11) is -3.17. The summed E-state index contributed by atoms with van der Waals surface area (Å²) in [6, 6.07) is 6.13. The molecule has 11 heteroatoms. The molecule has 0 atom stereocenters. The lowest BCUT2D eigenvalue weighted by Gasteiger charge is -2.09. The Balaban J connectivity index is 1.51. The van der Waals surface area contributed by atoms with Gasteiger partial charge in [0.05, 0.1) is 18.5 Å². The molecule has 32 heavy (non-hydrogen) atoms. The van der Waals surface area contributed by atoms with Gasteiger partial charge in [0.15, 0.2) is 20.7 Å². The summed E-state index contributed by atoms with van der Waals surface area (Å²) >= 11 is 1.63. The summed E-state index contributed by atoms with van der Waals surface area (Å²) in [5, 5.41) is 9.35. The molecule has 4 aromatic rings. The van der Waals surface area contributed by atoms with Gasteiger partial charge in [0.25, 0.3) is 0 Å². The fourth-order valence-corrected chi connectivity index (χ4v) is 5.37. The maximum absolute atomic E-state index is 11.5. The highest BCUT2D eigenvalue weighted by Crippen LogP contribution is 2.41. The summed E-state index contributed by atoms with van der Waals surface area (Å²) in [5.41, 5.74) is 3.58. The van der Waals surface area contributed by atoms with E-state index in [2.05, 4.69) is 29.0 Å². The van der Waals surface area contributed by atoms with Crippen molar-refractivity contribution >= 4 is 21.2 Å². The maximum Gasteiger partial charge on any atom is 0.187 e. The van der Waals surface area contributed by atoms with Crippen LogP contribution in [0, 0.1) is 0 Å². The molecule has 1 aromatic carbocycles. The summed E-state index contributed by atoms with van der Waals surface area (Å²) in [5.74, 6) is 1.37. The molecular weight excluding hydrogens is 448 g/mol. The molecule has 1 aliphatic rings. The maximum atomic E-state index is 11.5. The van der Waals surface area contributed by atoms with Crippen LogP contribution in [0.25, 0.3) is 33.2 Å². The fourth-order valence-electron chi connectivity index (χ4n) is 3.70. The van der Waals surface area contributed by atoms with Gasteiger partial charge in [-0.2, -0.15) is 10.2 Å². The summed E-state index contributed by atoms with van der Waals surface area (Å²) < 4.78 is 32.4. The van der Waals surface area contributed by atoms with Crippen LogP contribution < -0.4 is 4.74 Å². The van der Waals surface area contributed by atoms with Crippen LogP contribution in [0.15, 0.2) is 36.9 Å². The van der Waals surface area contributed by atoms with E-state index in [9.17, 15) is 8.42 Å². The largest absolute Gasteiger partial charge is 0.492 e. The minimum Gasteiger partial charge on any atom is -0.492 e. The van der Waals surface area contributed by atoms with Crippen molar-refractivity contribution in [1.82, 2.24) is 29.5 Å². The first-order chi connectivity index (χ1) is 15.3. The number of fused-ring (bicyclic) bond motifs is 3. The number of aromatic nitrogens is 6. The Morgan fingerprint density at radius 1 is 1.22 bits per heavy atom. The van der Waals surface area contributed by atoms with Gasteiger partial charge in [0.1, 0.15) is 18.0 Å². The molecule has 4 heterocycles. The van der Waals surface area contributed by atoms with Gasteiger partial charge in [-0.15, -0.1) is 11.3 Å². The number of thiazole rings is 1. The molecule has 0 radical (unpaired) electrons. The van der Waals surface area contributed by atoms with E-state index in [1.54, 1.807) is 30.1 Å². The van der Waals surface area contributed by atoms with Crippen LogP contribution in [-0.2, 0) is 22.1 Å². The van der Waals surface area contributed by atoms with Crippen LogP contribution in [0.2, 0.25) is 0 Å². The average molecular weight is 471 g/mol. The van der Waals surface area contributed by atoms with Gasteiger partial charge in [0, 0.05) is 40.9 Å². The summed E-state index contributed by atoms with van der Waals surface area (Å²) in [4.78, 5) is 10.5. The van der Waals surface area contributed by atoms with Crippen molar-refractivity contribution in [1.29, 1.82) is 0 Å². The second-order valence-electron chi connectivity index (χ2n) is 8.05.